The molecule has 0 fully saturated rings. The highest BCUT2D eigenvalue weighted by Crippen LogP contribution is 2.41. The summed E-state index contributed by atoms with van der Waals surface area (Å²) in [6.45, 7) is 2.94. The molecular weight excluding hydrogens is 340 g/mol. The predicted molar refractivity (Wildman–Crippen MR) is 90.1 cm³/mol. The topological polar surface area (TPSA) is 125 Å². The Morgan fingerprint density at radius 2 is 2.08 bits per heavy atom. The molecule has 0 saturated carbocycles. The van der Waals surface area contributed by atoms with Crippen LogP contribution in [-0.2, 0) is 16.1 Å². The van der Waals surface area contributed by atoms with E-state index in [9.17, 15) is 14.7 Å². The molecule has 1 aliphatic rings. The van der Waals surface area contributed by atoms with Crippen LogP contribution in [0.4, 0.5) is 0 Å². The van der Waals surface area contributed by atoms with Crippen molar-refractivity contribution in [2.45, 2.75) is 32.5 Å². The van der Waals surface area contributed by atoms with Crippen LogP contribution in [-0.4, -0.2) is 22.2 Å². The van der Waals surface area contributed by atoms with E-state index in [0.29, 0.717) is 5.56 Å². The van der Waals surface area contributed by atoms with Crippen molar-refractivity contribution in [1.82, 2.24) is 4.98 Å². The Hall–Kier alpha value is -3.13. The summed E-state index contributed by atoms with van der Waals surface area (Å²) >= 11 is 0. The van der Waals surface area contributed by atoms with Crippen LogP contribution < -0.4 is 15.9 Å². The maximum absolute atomic E-state index is 12.6. The van der Waals surface area contributed by atoms with Gasteiger partial charge in [0.15, 0.2) is 5.76 Å². The molecule has 136 valence electrons. The number of carbonyl (C=O) groups excluding carboxylic acids is 1. The smallest absolute Gasteiger partial charge is 0.340 e. The maximum atomic E-state index is 12.6. The quantitative estimate of drug-likeness (QED) is 0.781. The van der Waals surface area contributed by atoms with E-state index in [1.807, 2.05) is 0 Å². The van der Waals surface area contributed by atoms with Crippen molar-refractivity contribution in [2.24, 2.45) is 5.73 Å². The monoisotopic (exact) mass is 358 g/mol. The SMILES string of the molecule is CC(C)OC(=O)C1=C(N)Oc2c(oc(CO)cc2=O)[C@H]1c1ccncc1. The Bertz CT molecular complexity index is 917. The van der Waals surface area contributed by atoms with E-state index in [-0.39, 0.29) is 34.8 Å². The fourth-order valence-corrected chi connectivity index (χ4v) is 2.73. The van der Waals surface area contributed by atoms with E-state index in [0.717, 1.165) is 6.07 Å². The van der Waals surface area contributed by atoms with Crippen LogP contribution >= 0.6 is 0 Å². The first-order valence-electron chi connectivity index (χ1n) is 7.98. The highest BCUT2D eigenvalue weighted by atomic mass is 16.5. The Morgan fingerprint density at radius 1 is 1.38 bits per heavy atom. The maximum Gasteiger partial charge on any atom is 0.340 e. The van der Waals surface area contributed by atoms with Gasteiger partial charge in [-0.05, 0) is 31.5 Å². The standard InChI is InChI=1S/C18H18N2O6/c1-9(2)24-18(23)14-13(10-3-5-20-6-4-10)16-15(26-17(14)19)12(22)7-11(8-21)25-16/h3-7,9,13,21H,8,19H2,1-2H3/t13-/m0/s1. The normalized spacial score (nSPS) is 16.2. The van der Waals surface area contributed by atoms with Crippen molar-refractivity contribution >= 4 is 5.97 Å². The van der Waals surface area contributed by atoms with Gasteiger partial charge in [-0.3, -0.25) is 9.78 Å². The van der Waals surface area contributed by atoms with Gasteiger partial charge in [0.2, 0.25) is 17.1 Å². The second-order valence-corrected chi connectivity index (χ2v) is 5.98. The van der Waals surface area contributed by atoms with Crippen molar-refractivity contribution in [3.8, 4) is 5.75 Å². The molecule has 2 aromatic rings. The molecule has 0 amide bonds. The number of hydrogen-bond donors (Lipinski definition) is 2. The molecule has 1 aliphatic heterocycles. The second-order valence-electron chi connectivity index (χ2n) is 5.98. The molecule has 3 N–H and O–H groups in total. The zero-order valence-electron chi connectivity index (χ0n) is 14.3. The first-order valence-corrected chi connectivity index (χ1v) is 7.98. The minimum absolute atomic E-state index is 0.0237. The van der Waals surface area contributed by atoms with E-state index < -0.39 is 23.9 Å². The van der Waals surface area contributed by atoms with Gasteiger partial charge in [0.25, 0.3) is 0 Å². The molecule has 26 heavy (non-hydrogen) atoms. The number of carbonyl (C=O) groups is 1. The van der Waals surface area contributed by atoms with Gasteiger partial charge in [-0.15, -0.1) is 0 Å². The van der Waals surface area contributed by atoms with Crippen molar-refractivity contribution in [1.29, 1.82) is 0 Å². The lowest BCUT2D eigenvalue weighted by atomic mass is 9.87. The number of aliphatic hydroxyl groups is 1. The highest BCUT2D eigenvalue weighted by molar-refractivity contribution is 5.92. The third kappa shape index (κ3) is 3.18. The first kappa shape index (κ1) is 17.7. The number of ether oxygens (including phenoxy) is 2. The Morgan fingerprint density at radius 3 is 2.69 bits per heavy atom. The molecule has 0 aliphatic carbocycles. The van der Waals surface area contributed by atoms with Crippen LogP contribution in [0.5, 0.6) is 5.75 Å². The van der Waals surface area contributed by atoms with Gasteiger partial charge < -0.3 is 24.7 Å². The minimum atomic E-state index is -0.827. The summed E-state index contributed by atoms with van der Waals surface area (Å²) in [5.41, 5.74) is 6.08. The molecule has 8 heteroatoms. The fraction of sp³-hybridized carbons (Fsp3) is 0.278. The number of rotatable bonds is 4. The molecule has 8 nitrogen and oxygen atoms in total. The predicted octanol–water partition coefficient (Wildman–Crippen LogP) is 1.17. The van der Waals surface area contributed by atoms with Crippen LogP contribution in [0.2, 0.25) is 0 Å². The van der Waals surface area contributed by atoms with Crippen molar-refractivity contribution in [3.63, 3.8) is 0 Å². The molecule has 2 aromatic heterocycles. The van der Waals surface area contributed by atoms with E-state index in [1.54, 1.807) is 38.4 Å². The van der Waals surface area contributed by atoms with E-state index in [4.69, 9.17) is 19.6 Å². The fourth-order valence-electron chi connectivity index (χ4n) is 2.73. The lowest BCUT2D eigenvalue weighted by Gasteiger charge is -2.27. The molecule has 0 bridgehead atoms. The number of nitrogens with two attached hydrogens (primary N) is 1. The van der Waals surface area contributed by atoms with Gasteiger partial charge in [0.05, 0.1) is 12.0 Å². The second kappa shape index (κ2) is 7.01. The summed E-state index contributed by atoms with van der Waals surface area (Å²) in [7, 11) is 0. The lowest BCUT2D eigenvalue weighted by Crippen LogP contribution is -2.31. The Kier molecular flexibility index (Phi) is 4.77. The average Bonchev–Trinajstić information content (AvgIpc) is 2.61. The Labute approximate surface area is 148 Å². The largest absolute Gasteiger partial charge is 0.459 e. The molecule has 0 spiro atoms. The van der Waals surface area contributed by atoms with Crippen molar-refractivity contribution < 1.29 is 23.8 Å². The number of hydrogen-bond acceptors (Lipinski definition) is 8. The summed E-state index contributed by atoms with van der Waals surface area (Å²) in [5.74, 6) is -1.73. The number of pyridine rings is 1. The summed E-state index contributed by atoms with van der Waals surface area (Å²) < 4.78 is 16.3. The summed E-state index contributed by atoms with van der Waals surface area (Å²) in [4.78, 5) is 28.9. The van der Waals surface area contributed by atoms with E-state index in [2.05, 4.69) is 4.98 Å². The molecule has 0 unspecified atom stereocenters. The average molecular weight is 358 g/mol. The van der Waals surface area contributed by atoms with Crippen LogP contribution in [0.25, 0.3) is 0 Å². The molecular formula is C18H18N2O6. The van der Waals surface area contributed by atoms with Crippen LogP contribution in [0.1, 0.15) is 36.8 Å². The number of fused-ring (bicyclic) bond motifs is 1. The highest BCUT2D eigenvalue weighted by Gasteiger charge is 2.39. The number of esters is 1. The minimum Gasteiger partial charge on any atom is -0.459 e. The third-order valence-electron chi connectivity index (χ3n) is 3.77. The molecule has 1 atom stereocenters. The lowest BCUT2D eigenvalue weighted by molar-refractivity contribution is -0.143. The van der Waals surface area contributed by atoms with Crippen LogP contribution in [0.15, 0.2) is 51.3 Å². The van der Waals surface area contributed by atoms with E-state index >= 15 is 0 Å². The zero-order valence-corrected chi connectivity index (χ0v) is 14.3. The van der Waals surface area contributed by atoms with Gasteiger partial charge in [0.1, 0.15) is 17.9 Å². The number of nitrogens with zero attached hydrogens (tertiary/aromatic N) is 1. The summed E-state index contributed by atoms with van der Waals surface area (Å²) in [6, 6.07) is 4.45. The van der Waals surface area contributed by atoms with Gasteiger partial charge >= 0.3 is 5.97 Å². The van der Waals surface area contributed by atoms with Crippen molar-refractivity contribution in [3.05, 3.63) is 69.4 Å². The summed E-state index contributed by atoms with van der Waals surface area (Å²) in [5, 5.41) is 9.35. The van der Waals surface area contributed by atoms with Gasteiger partial charge in [-0.25, -0.2) is 4.79 Å². The molecule has 0 radical (unpaired) electrons. The molecule has 0 saturated heterocycles. The van der Waals surface area contributed by atoms with Gasteiger partial charge in [-0.2, -0.15) is 0 Å². The zero-order chi connectivity index (χ0) is 18.8. The third-order valence-corrected chi connectivity index (χ3v) is 3.77. The van der Waals surface area contributed by atoms with Crippen molar-refractivity contribution in [2.75, 3.05) is 0 Å². The number of aliphatic hydroxyl groups excluding tert-OH is 1. The molecule has 3 heterocycles. The van der Waals surface area contributed by atoms with Gasteiger partial charge in [-0.1, -0.05) is 0 Å². The number of aromatic nitrogens is 1. The van der Waals surface area contributed by atoms with Gasteiger partial charge in [0, 0.05) is 18.5 Å². The molecule has 3 rings (SSSR count). The van der Waals surface area contributed by atoms with Crippen LogP contribution in [0, 0.1) is 0 Å². The Balaban J connectivity index is 2.24. The first-order chi connectivity index (χ1) is 12.4. The van der Waals surface area contributed by atoms with E-state index in [1.165, 1.54) is 0 Å². The van der Waals surface area contributed by atoms with Crippen LogP contribution in [0.3, 0.4) is 0 Å². The molecule has 0 aromatic carbocycles. The summed E-state index contributed by atoms with van der Waals surface area (Å²) in [6.07, 6.45) is 2.71.